The number of piperidine rings is 1. The van der Waals surface area contributed by atoms with Gasteiger partial charge in [0, 0.05) is 25.2 Å². The fourth-order valence-electron chi connectivity index (χ4n) is 2.70. The van der Waals surface area contributed by atoms with Gasteiger partial charge in [-0.15, -0.1) is 0 Å². The largest absolute Gasteiger partial charge is 0.448 e. The smallest absolute Gasteiger partial charge is 0.273 e. The predicted octanol–water partition coefficient (Wildman–Crippen LogP) is 0.696. The molecule has 0 saturated carbocycles. The van der Waals surface area contributed by atoms with E-state index in [0.29, 0.717) is 30.3 Å². The first-order valence-electron chi connectivity index (χ1n) is 7.35. The van der Waals surface area contributed by atoms with Gasteiger partial charge in [0.2, 0.25) is 5.09 Å². The van der Waals surface area contributed by atoms with Crippen molar-refractivity contribution in [2.24, 2.45) is 11.7 Å². The van der Waals surface area contributed by atoms with Crippen molar-refractivity contribution in [3.8, 4) is 0 Å². The average Bonchev–Trinajstić information content (AvgIpc) is 2.89. The number of nitrogens with one attached hydrogen (secondary N) is 1. The summed E-state index contributed by atoms with van der Waals surface area (Å²) in [6.07, 6.45) is 1.73. The highest BCUT2D eigenvalue weighted by Gasteiger charge is 2.29. The molecule has 8 heteroatoms. The van der Waals surface area contributed by atoms with Crippen molar-refractivity contribution >= 4 is 15.9 Å². The number of furan rings is 1. The number of hydrogen-bond acceptors (Lipinski definition) is 5. The molecule has 1 amide bonds. The average molecular weight is 329 g/mol. The van der Waals surface area contributed by atoms with E-state index >= 15 is 0 Å². The molecule has 1 fully saturated rings. The van der Waals surface area contributed by atoms with E-state index < -0.39 is 10.0 Å². The molecular weight excluding hydrogens is 306 g/mol. The lowest BCUT2D eigenvalue weighted by Crippen LogP contribution is -2.42. The number of carbonyl (C=O) groups excluding carboxylic acids is 1. The minimum absolute atomic E-state index is 0.125. The fraction of sp³-hybridized carbons (Fsp3) is 0.643. The highest BCUT2D eigenvalue weighted by Crippen LogP contribution is 2.24. The molecule has 22 heavy (non-hydrogen) atoms. The van der Waals surface area contributed by atoms with Crippen LogP contribution >= 0.6 is 0 Å². The van der Waals surface area contributed by atoms with Gasteiger partial charge in [0.25, 0.3) is 15.9 Å². The van der Waals surface area contributed by atoms with Crippen LogP contribution in [0.4, 0.5) is 0 Å². The van der Waals surface area contributed by atoms with Crippen LogP contribution in [0.5, 0.6) is 0 Å². The number of nitrogens with zero attached hydrogens (tertiary/aromatic N) is 1. The Morgan fingerprint density at radius 3 is 2.55 bits per heavy atom. The van der Waals surface area contributed by atoms with Crippen molar-refractivity contribution in [3.05, 3.63) is 17.4 Å². The molecule has 1 unspecified atom stereocenters. The summed E-state index contributed by atoms with van der Waals surface area (Å²) in [6, 6.07) is 1.42. The summed E-state index contributed by atoms with van der Waals surface area (Å²) in [5, 5.41) is -0.235. The van der Waals surface area contributed by atoms with Crippen LogP contribution in [0.2, 0.25) is 0 Å². The number of hydrogen-bond donors (Lipinski definition) is 2. The van der Waals surface area contributed by atoms with E-state index in [1.54, 1.807) is 11.8 Å². The number of rotatable bonds is 4. The molecule has 1 aliphatic heterocycles. The lowest BCUT2D eigenvalue weighted by atomic mass is 9.91. The number of amides is 1. The van der Waals surface area contributed by atoms with Crippen LogP contribution in [0.15, 0.2) is 15.6 Å². The molecular formula is C14H23N3O4S. The van der Waals surface area contributed by atoms with E-state index in [9.17, 15) is 13.2 Å². The SMILES string of the molecule is CNS(=O)(=O)c1cc(C(=O)N2CCC(C(C)N)CC2)c(C)o1. The molecule has 7 nitrogen and oxygen atoms in total. The first kappa shape index (κ1) is 17.0. The minimum Gasteiger partial charge on any atom is -0.448 e. The van der Waals surface area contributed by atoms with E-state index in [-0.39, 0.29) is 17.0 Å². The summed E-state index contributed by atoms with van der Waals surface area (Å²) in [4.78, 5) is 14.3. The van der Waals surface area contributed by atoms with E-state index in [0.717, 1.165) is 12.8 Å². The quantitative estimate of drug-likeness (QED) is 0.845. The van der Waals surface area contributed by atoms with Gasteiger partial charge >= 0.3 is 0 Å². The Morgan fingerprint density at radius 2 is 2.05 bits per heavy atom. The maximum absolute atomic E-state index is 12.5. The zero-order valence-corrected chi connectivity index (χ0v) is 13.9. The van der Waals surface area contributed by atoms with Crippen molar-refractivity contribution in [3.63, 3.8) is 0 Å². The number of nitrogens with two attached hydrogens (primary N) is 1. The van der Waals surface area contributed by atoms with Gasteiger partial charge in [-0.1, -0.05) is 0 Å². The first-order chi connectivity index (χ1) is 10.3. The zero-order chi connectivity index (χ0) is 16.5. The van der Waals surface area contributed by atoms with Gasteiger partial charge in [0.1, 0.15) is 5.76 Å². The molecule has 1 atom stereocenters. The topological polar surface area (TPSA) is 106 Å². The summed E-state index contributed by atoms with van der Waals surface area (Å²) in [6.45, 7) is 4.83. The Hall–Kier alpha value is -1.38. The number of sulfonamides is 1. The van der Waals surface area contributed by atoms with Crippen molar-refractivity contribution in [1.82, 2.24) is 9.62 Å². The molecule has 1 aromatic heterocycles. The summed E-state index contributed by atoms with van der Waals surface area (Å²) in [5.41, 5.74) is 6.20. The maximum Gasteiger partial charge on any atom is 0.273 e. The molecule has 1 saturated heterocycles. The molecule has 1 aromatic rings. The van der Waals surface area contributed by atoms with Crippen LogP contribution in [-0.2, 0) is 10.0 Å². The third kappa shape index (κ3) is 3.34. The highest BCUT2D eigenvalue weighted by atomic mass is 32.2. The van der Waals surface area contributed by atoms with Gasteiger partial charge in [0.05, 0.1) is 5.56 Å². The number of likely N-dealkylation sites (tertiary alicyclic amines) is 1. The van der Waals surface area contributed by atoms with Crippen molar-refractivity contribution in [2.75, 3.05) is 20.1 Å². The molecule has 0 bridgehead atoms. The van der Waals surface area contributed by atoms with Gasteiger partial charge in [-0.3, -0.25) is 4.79 Å². The van der Waals surface area contributed by atoms with E-state index in [1.807, 2.05) is 6.92 Å². The second-order valence-corrected chi connectivity index (χ2v) is 7.55. The summed E-state index contributed by atoms with van der Waals surface area (Å²) < 4.78 is 30.9. The molecule has 0 radical (unpaired) electrons. The van der Waals surface area contributed by atoms with Crippen LogP contribution in [0, 0.1) is 12.8 Å². The van der Waals surface area contributed by atoms with Crippen LogP contribution in [0.25, 0.3) is 0 Å². The third-order valence-corrected chi connectivity index (χ3v) is 5.50. The van der Waals surface area contributed by atoms with Crippen molar-refractivity contribution in [1.29, 1.82) is 0 Å². The second kappa shape index (κ2) is 6.39. The normalized spacial score (nSPS) is 18.5. The van der Waals surface area contributed by atoms with Crippen LogP contribution < -0.4 is 10.5 Å². The number of carbonyl (C=O) groups is 1. The Morgan fingerprint density at radius 1 is 1.45 bits per heavy atom. The molecule has 0 spiro atoms. The molecule has 2 heterocycles. The molecule has 0 aromatic carbocycles. The standard InChI is InChI=1S/C14H23N3O4S/c1-9(15)11-4-6-17(7-5-11)14(18)12-8-13(21-10(12)2)22(19,20)16-3/h8-9,11,16H,4-7,15H2,1-3H3. The summed E-state index contributed by atoms with van der Waals surface area (Å²) >= 11 is 0. The third-order valence-electron chi connectivity index (χ3n) is 4.23. The predicted molar refractivity (Wildman–Crippen MR) is 82.0 cm³/mol. The van der Waals surface area contributed by atoms with Crippen LogP contribution in [0.1, 0.15) is 35.9 Å². The molecule has 3 N–H and O–H groups in total. The number of aryl methyl sites for hydroxylation is 1. The van der Waals surface area contributed by atoms with E-state index in [2.05, 4.69) is 4.72 Å². The van der Waals surface area contributed by atoms with E-state index in [4.69, 9.17) is 10.2 Å². The van der Waals surface area contributed by atoms with Crippen LogP contribution in [-0.4, -0.2) is 45.4 Å². The first-order valence-corrected chi connectivity index (χ1v) is 8.83. The Balaban J connectivity index is 2.14. The van der Waals surface area contributed by atoms with E-state index in [1.165, 1.54) is 13.1 Å². The fourth-order valence-corrected chi connectivity index (χ4v) is 3.41. The molecule has 124 valence electrons. The Bertz CT molecular complexity index is 643. The zero-order valence-electron chi connectivity index (χ0n) is 13.1. The van der Waals surface area contributed by atoms with Gasteiger partial charge in [0.15, 0.2) is 0 Å². The van der Waals surface area contributed by atoms with Gasteiger partial charge < -0.3 is 15.1 Å². The van der Waals surface area contributed by atoms with Gasteiger partial charge in [-0.25, -0.2) is 13.1 Å². The molecule has 0 aliphatic carbocycles. The lowest BCUT2D eigenvalue weighted by molar-refractivity contribution is 0.0679. The lowest BCUT2D eigenvalue weighted by Gasteiger charge is -2.33. The molecule has 1 aliphatic rings. The minimum atomic E-state index is -3.69. The van der Waals surface area contributed by atoms with Gasteiger partial charge in [-0.2, -0.15) is 0 Å². The summed E-state index contributed by atoms with van der Waals surface area (Å²) in [5.74, 6) is 0.546. The Labute approximate surface area is 130 Å². The highest BCUT2D eigenvalue weighted by molar-refractivity contribution is 7.89. The monoisotopic (exact) mass is 329 g/mol. The Kier molecular flexibility index (Phi) is 4.93. The summed E-state index contributed by atoms with van der Waals surface area (Å²) in [7, 11) is -2.39. The van der Waals surface area contributed by atoms with Crippen molar-refractivity contribution in [2.45, 2.75) is 37.8 Å². The van der Waals surface area contributed by atoms with Crippen molar-refractivity contribution < 1.29 is 17.6 Å². The molecule has 2 rings (SSSR count). The van der Waals surface area contributed by atoms with Crippen LogP contribution in [0.3, 0.4) is 0 Å². The second-order valence-electron chi connectivity index (χ2n) is 5.73. The maximum atomic E-state index is 12.5. The van der Waals surface area contributed by atoms with Gasteiger partial charge in [-0.05, 0) is 39.7 Å².